The van der Waals surface area contributed by atoms with Gasteiger partial charge in [-0.05, 0) is 12.1 Å². The molecule has 1 aromatic rings. The maximum atomic E-state index is 13.1. The van der Waals surface area contributed by atoms with Crippen molar-refractivity contribution in [2.75, 3.05) is 43.9 Å². The van der Waals surface area contributed by atoms with E-state index in [1.807, 2.05) is 0 Å². The monoisotopic (exact) mass is 399 g/mol. The number of nitro groups is 1. The Balaban J connectivity index is 2.14. The second-order valence-electron chi connectivity index (χ2n) is 6.01. The van der Waals surface area contributed by atoms with Crippen LogP contribution in [-0.2, 0) is 9.84 Å². The Morgan fingerprint density at radius 3 is 2.27 bits per heavy atom. The fourth-order valence-corrected chi connectivity index (χ4v) is 3.54. The molecule has 0 unspecified atom stereocenters. The normalized spacial score (nSPS) is 16.9. The summed E-state index contributed by atoms with van der Waals surface area (Å²) in [4.78, 5) is 12.6. The molecule has 2 rings (SSSR count). The van der Waals surface area contributed by atoms with E-state index in [0.717, 1.165) is 18.4 Å². The van der Waals surface area contributed by atoms with Crippen molar-refractivity contribution in [2.24, 2.45) is 0 Å². The van der Waals surface area contributed by atoms with Crippen molar-refractivity contribution in [2.45, 2.75) is 17.2 Å². The van der Waals surface area contributed by atoms with E-state index in [2.05, 4.69) is 0 Å². The number of hydrogen-bond acceptors (Lipinski definition) is 6. The van der Waals surface area contributed by atoms with Gasteiger partial charge < -0.3 is 4.90 Å². The van der Waals surface area contributed by atoms with Gasteiger partial charge in [-0.2, -0.15) is 8.78 Å². The minimum atomic E-state index is -4.10. The molecule has 0 saturated carbocycles. The van der Waals surface area contributed by atoms with Gasteiger partial charge in [0.15, 0.2) is 9.84 Å². The van der Waals surface area contributed by atoms with Crippen LogP contribution in [0.15, 0.2) is 23.1 Å². The third kappa shape index (κ3) is 4.61. The van der Waals surface area contributed by atoms with Gasteiger partial charge in [0, 0.05) is 44.2 Å². The summed E-state index contributed by atoms with van der Waals surface area (Å²) in [6, 6.07) is 3.61. The molecule has 1 aliphatic rings. The molecule has 1 heterocycles. The van der Waals surface area contributed by atoms with Gasteiger partial charge in [0.25, 0.3) is 5.69 Å². The van der Waals surface area contributed by atoms with Crippen LogP contribution in [0.4, 0.5) is 28.9 Å². The van der Waals surface area contributed by atoms with Gasteiger partial charge in [-0.3, -0.25) is 15.0 Å². The molecule has 1 aliphatic heterocycles. The number of benzene rings is 1. The zero-order chi connectivity index (χ0) is 19.7. The Bertz CT molecular complexity index is 780. The van der Waals surface area contributed by atoms with Gasteiger partial charge in [-0.1, -0.05) is 0 Å². The molecule has 12 heteroatoms. The Hall–Kier alpha value is -1.95. The van der Waals surface area contributed by atoms with E-state index in [1.54, 1.807) is 4.90 Å². The second kappa shape index (κ2) is 7.35. The van der Waals surface area contributed by atoms with Crippen LogP contribution < -0.4 is 4.90 Å². The second-order valence-corrected chi connectivity index (χ2v) is 7.99. The van der Waals surface area contributed by atoms with E-state index in [0.29, 0.717) is 5.69 Å². The van der Waals surface area contributed by atoms with Crippen molar-refractivity contribution in [3.63, 3.8) is 0 Å². The van der Waals surface area contributed by atoms with Gasteiger partial charge in [0.1, 0.15) is 4.90 Å². The van der Waals surface area contributed by atoms with E-state index in [4.69, 9.17) is 0 Å². The summed E-state index contributed by atoms with van der Waals surface area (Å²) in [6.07, 6.45) is -2.89. The highest BCUT2D eigenvalue weighted by Gasteiger charge is 2.42. The lowest BCUT2D eigenvalue weighted by Crippen LogP contribution is -2.51. The summed E-state index contributed by atoms with van der Waals surface area (Å²) in [5, 5.41) is 11.0. The van der Waals surface area contributed by atoms with Crippen molar-refractivity contribution in [3.05, 3.63) is 28.3 Å². The minimum Gasteiger partial charge on any atom is -0.369 e. The van der Waals surface area contributed by atoms with Crippen molar-refractivity contribution < 1.29 is 30.9 Å². The van der Waals surface area contributed by atoms with E-state index in [-0.39, 0.29) is 26.2 Å². The molecule has 26 heavy (non-hydrogen) atoms. The quantitative estimate of drug-likeness (QED) is 0.414. The van der Waals surface area contributed by atoms with Crippen molar-refractivity contribution in [1.29, 1.82) is 0 Å². The average molecular weight is 399 g/mol. The molecule has 0 amide bonds. The molecule has 0 spiro atoms. The molecular formula is C14H17F4N3O4S. The van der Waals surface area contributed by atoms with Crippen molar-refractivity contribution in [1.82, 2.24) is 4.90 Å². The van der Waals surface area contributed by atoms with Gasteiger partial charge in [-0.25, -0.2) is 17.2 Å². The fraction of sp³-hybridized carbons (Fsp3) is 0.571. The van der Waals surface area contributed by atoms with Crippen LogP contribution in [0.1, 0.15) is 0 Å². The van der Waals surface area contributed by atoms with Crippen molar-refractivity contribution >= 4 is 21.2 Å². The molecule has 1 fully saturated rings. The van der Waals surface area contributed by atoms with Crippen LogP contribution >= 0.6 is 0 Å². The fourth-order valence-electron chi connectivity index (χ4n) is 2.68. The molecule has 0 aliphatic carbocycles. The molecule has 7 nitrogen and oxygen atoms in total. The maximum Gasteiger partial charge on any atom is 0.319 e. The summed E-state index contributed by atoms with van der Waals surface area (Å²) < 4.78 is 74.3. The van der Waals surface area contributed by atoms with Crippen LogP contribution in [0.3, 0.4) is 0 Å². The first-order chi connectivity index (χ1) is 11.9. The first-order valence-corrected chi connectivity index (χ1v) is 9.43. The Morgan fingerprint density at radius 1 is 1.23 bits per heavy atom. The number of piperazine rings is 1. The number of nitro benzene ring substituents is 1. The molecular weight excluding hydrogens is 382 g/mol. The first kappa shape index (κ1) is 20.4. The van der Waals surface area contributed by atoms with Gasteiger partial charge in [0.05, 0.1) is 11.5 Å². The lowest BCUT2D eigenvalue weighted by atomic mass is 10.2. The zero-order valence-corrected chi connectivity index (χ0v) is 14.6. The third-order valence-corrected chi connectivity index (χ3v) is 5.16. The molecule has 0 radical (unpaired) electrons. The number of anilines is 1. The Morgan fingerprint density at radius 2 is 1.81 bits per heavy atom. The molecule has 1 aromatic carbocycles. The smallest absolute Gasteiger partial charge is 0.319 e. The zero-order valence-electron chi connectivity index (χ0n) is 13.7. The Kier molecular flexibility index (Phi) is 5.76. The number of nitrogens with zero attached hydrogens (tertiary/aromatic N) is 3. The number of rotatable bonds is 6. The topological polar surface area (TPSA) is 83.8 Å². The van der Waals surface area contributed by atoms with Gasteiger partial charge >= 0.3 is 12.3 Å². The highest BCUT2D eigenvalue weighted by molar-refractivity contribution is 7.90. The molecule has 0 N–H and O–H groups in total. The van der Waals surface area contributed by atoms with Crippen molar-refractivity contribution in [3.8, 4) is 0 Å². The molecule has 1 saturated heterocycles. The highest BCUT2D eigenvalue weighted by atomic mass is 32.2. The number of sulfone groups is 1. The van der Waals surface area contributed by atoms with Crippen LogP contribution in [0.25, 0.3) is 0 Å². The lowest BCUT2D eigenvalue weighted by Gasteiger charge is -2.37. The molecule has 0 atom stereocenters. The SMILES string of the molecule is CS(=O)(=O)c1cc(N2CCN(CC(F)(F)C(F)F)CC2)ccc1[N+](=O)[O-]. The summed E-state index contributed by atoms with van der Waals surface area (Å²) >= 11 is 0. The largest absolute Gasteiger partial charge is 0.369 e. The molecule has 0 bridgehead atoms. The minimum absolute atomic E-state index is 0.0769. The predicted octanol–water partition coefficient (Wildman–Crippen LogP) is 2.02. The Labute approximate surface area is 147 Å². The van der Waals surface area contributed by atoms with Gasteiger partial charge in [-0.15, -0.1) is 0 Å². The third-order valence-electron chi connectivity index (χ3n) is 4.03. The lowest BCUT2D eigenvalue weighted by molar-refractivity contribution is -0.387. The van der Waals surface area contributed by atoms with Gasteiger partial charge in [0.2, 0.25) is 0 Å². The maximum absolute atomic E-state index is 13.1. The standard InChI is InChI=1S/C14H17F4N3O4S/c1-26(24,25)12-8-10(2-3-11(12)21(22)23)20-6-4-19(5-7-20)9-14(17,18)13(15)16/h2-3,8,13H,4-7,9H2,1H3. The van der Waals surface area contributed by atoms with Crippen LogP contribution in [0, 0.1) is 10.1 Å². The molecule has 146 valence electrons. The number of alkyl halides is 4. The number of halogens is 4. The van der Waals surface area contributed by atoms with E-state index in [1.165, 1.54) is 11.0 Å². The van der Waals surface area contributed by atoms with Crippen LogP contribution in [0.2, 0.25) is 0 Å². The van der Waals surface area contributed by atoms with E-state index in [9.17, 15) is 36.1 Å². The van der Waals surface area contributed by atoms with Crippen LogP contribution in [-0.4, -0.2) is 69.6 Å². The highest BCUT2D eigenvalue weighted by Crippen LogP contribution is 2.30. The van der Waals surface area contributed by atoms with E-state index >= 15 is 0 Å². The number of hydrogen-bond donors (Lipinski definition) is 0. The predicted molar refractivity (Wildman–Crippen MR) is 85.8 cm³/mol. The summed E-state index contributed by atoms with van der Waals surface area (Å²) in [5.74, 6) is -4.10. The average Bonchev–Trinajstić information content (AvgIpc) is 2.53. The summed E-state index contributed by atoms with van der Waals surface area (Å²) in [5.41, 5.74) is -0.164. The molecule has 0 aromatic heterocycles. The summed E-state index contributed by atoms with van der Waals surface area (Å²) in [6.45, 7) is -0.519. The van der Waals surface area contributed by atoms with E-state index < -0.39 is 44.2 Å². The first-order valence-electron chi connectivity index (χ1n) is 7.53. The van der Waals surface area contributed by atoms with Crippen LogP contribution in [0.5, 0.6) is 0 Å². The summed E-state index contributed by atoms with van der Waals surface area (Å²) in [7, 11) is -3.85.